The highest BCUT2D eigenvalue weighted by Gasteiger charge is 1.58. The average Bonchev–Trinajstić information content (AvgIpc) is 1.65. The van der Waals surface area contributed by atoms with Crippen LogP contribution >= 0.6 is 0 Å². The van der Waals surface area contributed by atoms with Gasteiger partial charge >= 0.3 is 10.4 Å². The van der Waals surface area contributed by atoms with Crippen molar-refractivity contribution in [3.63, 3.8) is 0 Å². The fourth-order valence-corrected chi connectivity index (χ4v) is 0. The lowest BCUT2D eigenvalue weighted by molar-refractivity contribution is -0.312. The Morgan fingerprint density at radius 1 is 1.88 bits per heavy atom. The Morgan fingerprint density at radius 2 is 2.00 bits per heavy atom. The molecule has 0 unspecified atom stereocenters. The van der Waals surface area contributed by atoms with Gasteiger partial charge in [-0.1, -0.05) is 4.59 Å². The molecule has 0 aliphatic carbocycles. The molecule has 0 aliphatic rings. The summed E-state index contributed by atoms with van der Waals surface area (Å²) in [5, 5.41) is 8.87. The molecular formula is C2H11NO3Si2. The fraction of sp³-hybridized carbons (Fsp3) is 1.00. The number of hydrogen-bond acceptors (Lipinski definition) is 3. The van der Waals surface area contributed by atoms with Gasteiger partial charge in [0.05, 0.1) is 0 Å². The molecule has 0 radical (unpaired) electrons. The first-order chi connectivity index (χ1) is 3.65. The Morgan fingerprint density at radius 3 is 2.00 bits per heavy atom. The van der Waals surface area contributed by atoms with Crippen molar-refractivity contribution in [1.82, 2.24) is 0 Å². The first kappa shape index (κ1) is 10.7. The predicted octanol–water partition coefficient (Wildman–Crippen LogP) is -2.15. The van der Waals surface area contributed by atoms with Crippen LogP contribution in [-0.4, -0.2) is 32.1 Å². The van der Waals surface area contributed by atoms with E-state index in [1.165, 1.54) is 0 Å². The second-order valence-corrected chi connectivity index (χ2v) is 2.32. The number of nitrogens with zero attached hydrogens (tertiary/aromatic N) is 1. The van der Waals surface area contributed by atoms with Crippen LogP contribution in [0, 0.1) is 10.1 Å². The minimum absolute atomic E-state index is 0.0710. The van der Waals surface area contributed by atoms with Gasteiger partial charge in [-0.2, -0.15) is 0 Å². The SMILES string of the molecule is CCO[SiH3].O=[N+]([O-])[SiH3]. The van der Waals surface area contributed by atoms with E-state index in [0.717, 1.165) is 17.1 Å². The molecule has 0 saturated heterocycles. The van der Waals surface area contributed by atoms with E-state index >= 15 is 0 Å². The summed E-state index contributed by atoms with van der Waals surface area (Å²) in [5.74, 6) is 0. The first-order valence-corrected chi connectivity index (χ1v) is 3.93. The quantitative estimate of drug-likeness (QED) is 0.245. The third kappa shape index (κ3) is 211. The van der Waals surface area contributed by atoms with Gasteiger partial charge in [0.2, 0.25) is 0 Å². The van der Waals surface area contributed by atoms with E-state index in [9.17, 15) is 0 Å². The Balaban J connectivity index is 0. The van der Waals surface area contributed by atoms with E-state index in [-0.39, 0.29) is 15.0 Å². The number of nitro groups is 1. The molecule has 0 atom stereocenters. The van der Waals surface area contributed by atoms with Crippen molar-refractivity contribution in [2.75, 3.05) is 6.61 Å². The molecule has 6 heteroatoms. The average molecular weight is 153 g/mol. The van der Waals surface area contributed by atoms with Gasteiger partial charge in [-0.3, -0.25) is 10.1 Å². The van der Waals surface area contributed by atoms with Crippen molar-refractivity contribution in [3.05, 3.63) is 10.1 Å². The van der Waals surface area contributed by atoms with Crippen LogP contribution in [0.5, 0.6) is 0 Å². The standard InChI is InChI=1S/C2H8OSi.H3NO2Si/c1-2-3-4;2-1(3)4/h2H2,1,4H3;4H3. The number of rotatable bonds is 1. The maximum atomic E-state index is 8.87. The summed E-state index contributed by atoms with van der Waals surface area (Å²) in [5.41, 5.74) is 0. The van der Waals surface area contributed by atoms with Crippen molar-refractivity contribution >= 4 is 20.9 Å². The molecule has 0 heterocycles. The van der Waals surface area contributed by atoms with Crippen molar-refractivity contribution < 1.29 is 9.01 Å². The molecular weight excluding hydrogens is 142 g/mol. The summed E-state index contributed by atoms with van der Waals surface area (Å²) in [6.07, 6.45) is 0. The van der Waals surface area contributed by atoms with Crippen LogP contribution in [0.2, 0.25) is 0 Å². The summed E-state index contributed by atoms with van der Waals surface area (Å²) in [7, 11) is 0.961. The molecule has 0 bridgehead atoms. The lowest BCUT2D eigenvalue weighted by Crippen LogP contribution is -1.83. The van der Waals surface area contributed by atoms with E-state index in [1.54, 1.807) is 0 Å². The second-order valence-electron chi connectivity index (χ2n) is 1.02. The summed E-state index contributed by atoms with van der Waals surface area (Å²) >= 11 is 0. The van der Waals surface area contributed by atoms with Crippen LogP contribution in [0.4, 0.5) is 0 Å². The minimum Gasteiger partial charge on any atom is -0.428 e. The molecule has 0 aromatic rings. The molecule has 0 aromatic heterocycles. The zero-order valence-corrected chi connectivity index (χ0v) is 9.38. The molecule has 0 aromatic carbocycles. The third-order valence-corrected chi connectivity index (χ3v) is 0.866. The molecule has 4 nitrogen and oxygen atoms in total. The van der Waals surface area contributed by atoms with E-state index in [1.807, 2.05) is 6.92 Å². The zero-order chi connectivity index (χ0) is 6.99. The molecule has 0 amide bonds. The van der Waals surface area contributed by atoms with Gasteiger partial charge in [0, 0.05) is 6.61 Å². The molecule has 50 valence electrons. The normalized spacial score (nSPS) is 7.62. The Labute approximate surface area is 54.4 Å². The highest BCUT2D eigenvalue weighted by molar-refractivity contribution is 5.97. The van der Waals surface area contributed by atoms with Crippen molar-refractivity contribution in [3.8, 4) is 0 Å². The minimum atomic E-state index is -0.361. The summed E-state index contributed by atoms with van der Waals surface area (Å²) in [6.45, 7) is 2.87. The Kier molecular flexibility index (Phi) is 13.3. The molecule has 0 spiro atoms. The van der Waals surface area contributed by atoms with Crippen LogP contribution < -0.4 is 0 Å². The molecule has 0 saturated carbocycles. The van der Waals surface area contributed by atoms with E-state index in [0.29, 0.717) is 0 Å². The summed E-state index contributed by atoms with van der Waals surface area (Å²) in [4.78, 5) is 8.87. The first-order valence-electron chi connectivity index (χ1n) is 2.22. The van der Waals surface area contributed by atoms with Crippen LogP contribution in [0.15, 0.2) is 0 Å². The van der Waals surface area contributed by atoms with Crippen LogP contribution in [0.1, 0.15) is 6.92 Å². The molecule has 8 heavy (non-hydrogen) atoms. The number of hydrogen-bond donors (Lipinski definition) is 0. The fourth-order valence-electron chi connectivity index (χ4n) is 0. The van der Waals surface area contributed by atoms with Crippen molar-refractivity contribution in [1.29, 1.82) is 0 Å². The predicted molar refractivity (Wildman–Crippen MR) is 38.5 cm³/mol. The van der Waals surface area contributed by atoms with Gasteiger partial charge in [0.15, 0.2) is 0 Å². The Bertz CT molecular complexity index is 53.2. The van der Waals surface area contributed by atoms with Gasteiger partial charge in [0.25, 0.3) is 0 Å². The lowest BCUT2D eigenvalue weighted by Gasteiger charge is -1.77. The van der Waals surface area contributed by atoms with E-state index < -0.39 is 0 Å². The molecule has 0 fully saturated rings. The maximum absolute atomic E-state index is 8.87. The second kappa shape index (κ2) is 9.92. The summed E-state index contributed by atoms with van der Waals surface area (Å²) < 4.78 is 4.32. The third-order valence-electron chi connectivity index (χ3n) is 0.289. The van der Waals surface area contributed by atoms with E-state index in [4.69, 9.17) is 10.1 Å². The van der Waals surface area contributed by atoms with Crippen molar-refractivity contribution in [2.24, 2.45) is 0 Å². The van der Waals surface area contributed by atoms with Gasteiger partial charge < -0.3 is 4.43 Å². The molecule has 0 aliphatic heterocycles. The van der Waals surface area contributed by atoms with Crippen molar-refractivity contribution in [2.45, 2.75) is 6.92 Å². The summed E-state index contributed by atoms with van der Waals surface area (Å²) in [6, 6.07) is 0. The van der Waals surface area contributed by atoms with Crippen LogP contribution in [0.3, 0.4) is 0 Å². The Hall–Kier alpha value is -0.206. The van der Waals surface area contributed by atoms with E-state index in [2.05, 4.69) is 4.43 Å². The monoisotopic (exact) mass is 153 g/mol. The molecule has 0 rings (SSSR count). The van der Waals surface area contributed by atoms with Gasteiger partial charge in [0.1, 0.15) is 10.5 Å². The van der Waals surface area contributed by atoms with Crippen LogP contribution in [-0.2, 0) is 4.43 Å². The van der Waals surface area contributed by atoms with Gasteiger partial charge in [-0.15, -0.1) is 0 Å². The van der Waals surface area contributed by atoms with Gasteiger partial charge in [-0.25, -0.2) is 0 Å². The molecule has 0 N–H and O–H groups in total. The largest absolute Gasteiger partial charge is 0.428 e. The van der Waals surface area contributed by atoms with Crippen LogP contribution in [0.25, 0.3) is 0 Å². The maximum Gasteiger partial charge on any atom is 0.384 e. The topological polar surface area (TPSA) is 52.4 Å². The zero-order valence-electron chi connectivity index (χ0n) is 5.38. The highest BCUT2D eigenvalue weighted by Crippen LogP contribution is 1.50. The smallest absolute Gasteiger partial charge is 0.384 e. The highest BCUT2D eigenvalue weighted by atomic mass is 28.2. The van der Waals surface area contributed by atoms with Gasteiger partial charge in [-0.05, 0) is 6.92 Å². The lowest BCUT2D eigenvalue weighted by atomic mass is 10.9.